The smallest absolute Gasteiger partial charge is 0.228 e. The molecule has 0 saturated carbocycles. The van der Waals surface area contributed by atoms with Crippen molar-refractivity contribution in [1.29, 1.82) is 0 Å². The molecule has 1 amide bonds. The highest BCUT2D eigenvalue weighted by Crippen LogP contribution is 2.28. The first-order valence-corrected chi connectivity index (χ1v) is 4.91. The predicted octanol–water partition coefficient (Wildman–Crippen LogP) is 2.31. The molecule has 1 unspecified atom stereocenters. The van der Waals surface area contributed by atoms with Crippen molar-refractivity contribution < 1.29 is 13.6 Å². The molecule has 15 heavy (non-hydrogen) atoms. The van der Waals surface area contributed by atoms with Crippen LogP contribution in [0, 0.1) is 11.6 Å². The Balaban J connectivity index is 2.41. The number of carbonyl (C=O) groups excluding carboxylic acids is 1. The highest BCUT2D eigenvalue weighted by Gasteiger charge is 2.32. The van der Waals surface area contributed by atoms with Crippen LogP contribution in [0.15, 0.2) is 18.2 Å². The highest BCUT2D eigenvalue weighted by atomic mass is 35.5. The van der Waals surface area contributed by atoms with Crippen LogP contribution in [0.2, 0.25) is 0 Å². The van der Waals surface area contributed by atoms with E-state index in [1.807, 2.05) is 0 Å². The molecule has 1 aromatic rings. The van der Waals surface area contributed by atoms with Gasteiger partial charge in [0.25, 0.3) is 0 Å². The van der Waals surface area contributed by atoms with Crippen LogP contribution in [0.5, 0.6) is 0 Å². The molecular weight excluding hydrogens is 224 g/mol. The van der Waals surface area contributed by atoms with Crippen LogP contribution < -0.4 is 4.90 Å². The standard InChI is InChI=1S/C10H8ClF2NO/c11-6-4-9(15)14(5-6)10-7(12)2-1-3-8(10)13/h1-3,6H,4-5H2. The Morgan fingerprint density at radius 3 is 2.40 bits per heavy atom. The first-order chi connectivity index (χ1) is 7.09. The SMILES string of the molecule is O=C1CC(Cl)CN1c1c(F)cccc1F. The molecule has 0 aliphatic carbocycles. The van der Waals surface area contributed by atoms with E-state index in [4.69, 9.17) is 11.6 Å². The number of nitrogens with zero attached hydrogens (tertiary/aromatic N) is 1. The third kappa shape index (κ3) is 1.81. The zero-order valence-corrected chi connectivity index (χ0v) is 8.47. The number of alkyl halides is 1. The van der Waals surface area contributed by atoms with Gasteiger partial charge in [-0.1, -0.05) is 6.07 Å². The maximum absolute atomic E-state index is 13.3. The van der Waals surface area contributed by atoms with E-state index >= 15 is 0 Å². The number of para-hydroxylation sites is 1. The molecule has 80 valence electrons. The van der Waals surface area contributed by atoms with Gasteiger partial charge in [-0.3, -0.25) is 4.79 Å². The summed E-state index contributed by atoms with van der Waals surface area (Å²) >= 11 is 5.75. The van der Waals surface area contributed by atoms with Crippen molar-refractivity contribution in [3.05, 3.63) is 29.8 Å². The minimum Gasteiger partial charge on any atom is -0.306 e. The Kier molecular flexibility index (Phi) is 2.61. The van der Waals surface area contributed by atoms with Crippen LogP contribution in [-0.2, 0) is 4.79 Å². The second kappa shape index (κ2) is 3.77. The lowest BCUT2D eigenvalue weighted by Crippen LogP contribution is -2.26. The van der Waals surface area contributed by atoms with Gasteiger partial charge in [-0.15, -0.1) is 11.6 Å². The molecular formula is C10H8ClF2NO. The van der Waals surface area contributed by atoms with Gasteiger partial charge >= 0.3 is 0 Å². The van der Waals surface area contributed by atoms with Crippen molar-refractivity contribution in [2.24, 2.45) is 0 Å². The Morgan fingerprint density at radius 2 is 1.93 bits per heavy atom. The van der Waals surface area contributed by atoms with Crippen molar-refractivity contribution in [2.45, 2.75) is 11.8 Å². The van der Waals surface area contributed by atoms with Crippen molar-refractivity contribution in [2.75, 3.05) is 11.4 Å². The molecule has 1 fully saturated rings. The summed E-state index contributed by atoms with van der Waals surface area (Å²) < 4.78 is 26.7. The number of anilines is 1. The van der Waals surface area contributed by atoms with E-state index in [1.54, 1.807) is 0 Å². The molecule has 0 N–H and O–H groups in total. The van der Waals surface area contributed by atoms with Gasteiger partial charge in [0.15, 0.2) is 0 Å². The molecule has 5 heteroatoms. The fraction of sp³-hybridized carbons (Fsp3) is 0.300. The summed E-state index contributed by atoms with van der Waals surface area (Å²) in [5, 5.41) is -0.378. The number of halogens is 3. The van der Waals surface area contributed by atoms with Crippen molar-refractivity contribution in [1.82, 2.24) is 0 Å². The van der Waals surface area contributed by atoms with E-state index < -0.39 is 11.6 Å². The molecule has 1 aromatic carbocycles. The quantitative estimate of drug-likeness (QED) is 0.680. The molecule has 1 atom stereocenters. The summed E-state index contributed by atoms with van der Waals surface area (Å²) in [6.45, 7) is 0.151. The van der Waals surface area contributed by atoms with Crippen LogP contribution in [-0.4, -0.2) is 17.8 Å². The van der Waals surface area contributed by atoms with Crippen LogP contribution >= 0.6 is 11.6 Å². The zero-order chi connectivity index (χ0) is 11.0. The van der Waals surface area contributed by atoms with E-state index in [-0.39, 0.29) is 29.9 Å². The van der Waals surface area contributed by atoms with Crippen LogP contribution in [0.1, 0.15) is 6.42 Å². The Bertz CT molecular complexity index is 390. The van der Waals surface area contributed by atoms with Gasteiger partial charge in [0, 0.05) is 13.0 Å². The molecule has 1 aliphatic heterocycles. The minimum absolute atomic E-state index is 0.120. The predicted molar refractivity (Wildman–Crippen MR) is 53.0 cm³/mol. The van der Waals surface area contributed by atoms with E-state index in [9.17, 15) is 13.6 Å². The van der Waals surface area contributed by atoms with Gasteiger partial charge in [0.05, 0.1) is 5.38 Å². The minimum atomic E-state index is -0.742. The third-order valence-electron chi connectivity index (χ3n) is 2.29. The van der Waals surface area contributed by atoms with E-state index in [0.29, 0.717) is 0 Å². The Morgan fingerprint density at radius 1 is 1.33 bits per heavy atom. The summed E-state index contributed by atoms with van der Waals surface area (Å²) in [4.78, 5) is 12.5. The monoisotopic (exact) mass is 231 g/mol. The molecule has 1 heterocycles. The van der Waals surface area contributed by atoms with Crippen molar-refractivity contribution >= 4 is 23.2 Å². The maximum Gasteiger partial charge on any atom is 0.228 e. The summed E-state index contributed by atoms with van der Waals surface area (Å²) in [6.07, 6.45) is 0.120. The summed E-state index contributed by atoms with van der Waals surface area (Å²) in [6, 6.07) is 3.49. The lowest BCUT2D eigenvalue weighted by molar-refractivity contribution is -0.117. The number of amides is 1. The first kappa shape index (κ1) is 10.4. The molecule has 2 rings (SSSR count). The van der Waals surface area contributed by atoms with Gasteiger partial charge in [-0.25, -0.2) is 8.78 Å². The normalized spacial score (nSPS) is 21.1. The largest absolute Gasteiger partial charge is 0.306 e. The van der Waals surface area contributed by atoms with Gasteiger partial charge < -0.3 is 4.90 Å². The van der Waals surface area contributed by atoms with Crippen LogP contribution in [0.25, 0.3) is 0 Å². The lowest BCUT2D eigenvalue weighted by Gasteiger charge is -2.17. The fourth-order valence-corrected chi connectivity index (χ4v) is 1.90. The van der Waals surface area contributed by atoms with E-state index in [2.05, 4.69) is 0 Å². The van der Waals surface area contributed by atoms with E-state index in [1.165, 1.54) is 6.07 Å². The Labute approximate surface area is 90.4 Å². The molecule has 1 saturated heterocycles. The lowest BCUT2D eigenvalue weighted by atomic mass is 10.2. The number of benzene rings is 1. The molecule has 0 aromatic heterocycles. The second-order valence-electron chi connectivity index (χ2n) is 3.38. The first-order valence-electron chi connectivity index (χ1n) is 4.48. The summed E-state index contributed by atoms with van der Waals surface area (Å²) in [5.41, 5.74) is -0.300. The number of rotatable bonds is 1. The molecule has 1 aliphatic rings. The topological polar surface area (TPSA) is 20.3 Å². The van der Waals surface area contributed by atoms with Crippen molar-refractivity contribution in [3.8, 4) is 0 Å². The number of hydrogen-bond donors (Lipinski definition) is 0. The molecule has 2 nitrogen and oxygen atoms in total. The van der Waals surface area contributed by atoms with E-state index in [0.717, 1.165) is 17.0 Å². The highest BCUT2D eigenvalue weighted by molar-refractivity contribution is 6.24. The maximum atomic E-state index is 13.3. The third-order valence-corrected chi connectivity index (χ3v) is 2.58. The number of carbonyl (C=O) groups is 1. The molecule has 0 radical (unpaired) electrons. The van der Waals surface area contributed by atoms with Crippen LogP contribution in [0.4, 0.5) is 14.5 Å². The average Bonchev–Trinajstić information content (AvgIpc) is 2.45. The molecule has 0 spiro atoms. The summed E-state index contributed by atoms with van der Waals surface area (Å²) in [7, 11) is 0. The van der Waals surface area contributed by atoms with Crippen molar-refractivity contribution in [3.63, 3.8) is 0 Å². The average molecular weight is 232 g/mol. The van der Waals surface area contributed by atoms with Gasteiger partial charge in [-0.2, -0.15) is 0 Å². The fourth-order valence-electron chi connectivity index (χ4n) is 1.63. The van der Waals surface area contributed by atoms with Gasteiger partial charge in [-0.05, 0) is 12.1 Å². The molecule has 0 bridgehead atoms. The summed E-state index contributed by atoms with van der Waals surface area (Å²) in [5.74, 6) is -1.83. The van der Waals surface area contributed by atoms with Gasteiger partial charge in [0.1, 0.15) is 17.3 Å². The Hall–Kier alpha value is -1.16. The zero-order valence-electron chi connectivity index (χ0n) is 7.71. The number of hydrogen-bond acceptors (Lipinski definition) is 1. The van der Waals surface area contributed by atoms with Crippen LogP contribution in [0.3, 0.4) is 0 Å². The second-order valence-corrected chi connectivity index (χ2v) is 3.99. The van der Waals surface area contributed by atoms with Gasteiger partial charge in [0.2, 0.25) is 5.91 Å².